The summed E-state index contributed by atoms with van der Waals surface area (Å²) in [4.78, 5) is 22.4. The molecular weight excluding hydrogens is 315 g/mol. The average molecular weight is 325 g/mol. The first kappa shape index (κ1) is 16.6. The third-order valence-corrected chi connectivity index (χ3v) is 3.63. The summed E-state index contributed by atoms with van der Waals surface area (Å²) in [5.74, 6) is -1.95. The Balaban J connectivity index is 2.52. The van der Waals surface area contributed by atoms with E-state index in [1.807, 2.05) is 0 Å². The van der Waals surface area contributed by atoms with Crippen molar-refractivity contribution in [3.63, 3.8) is 0 Å². The zero-order valence-electron chi connectivity index (χ0n) is 9.94. The maximum Gasteiger partial charge on any atom is 0.441 e. The highest BCUT2D eigenvalue weighted by Crippen LogP contribution is 2.29. The molecule has 1 rings (SSSR count). The number of carboxylic acids is 1. The van der Waals surface area contributed by atoms with Crippen LogP contribution < -0.4 is 5.32 Å². The molecule has 4 nitrogen and oxygen atoms in total. The Bertz CT molecular complexity index is 511. The van der Waals surface area contributed by atoms with Crippen molar-refractivity contribution in [2.45, 2.75) is 5.51 Å². The summed E-state index contributed by atoms with van der Waals surface area (Å²) < 4.78 is 35.6. The van der Waals surface area contributed by atoms with E-state index in [1.54, 1.807) is 11.4 Å². The second kappa shape index (κ2) is 7.34. The molecule has 0 atom stereocenters. The summed E-state index contributed by atoms with van der Waals surface area (Å²) in [6, 6.07) is 1.56. The van der Waals surface area contributed by atoms with Gasteiger partial charge in [0.2, 0.25) is 0 Å². The number of thioether (sulfide) groups is 1. The van der Waals surface area contributed by atoms with Crippen molar-refractivity contribution in [2.75, 3.05) is 12.3 Å². The van der Waals surface area contributed by atoms with Gasteiger partial charge in [-0.25, -0.2) is 4.79 Å². The molecule has 0 aliphatic heterocycles. The number of carboxylic acid groups (broad SMARTS) is 1. The molecule has 0 spiro atoms. The summed E-state index contributed by atoms with van der Waals surface area (Å²) in [6.45, 7) is -0.122. The molecule has 0 aromatic carbocycles. The fourth-order valence-corrected chi connectivity index (χ4v) is 2.45. The lowest BCUT2D eigenvalue weighted by atomic mass is 10.2. The smallest absolute Gasteiger partial charge is 0.441 e. The molecule has 2 N–H and O–H groups in total. The SMILES string of the molecule is O=C(O)/C=C/c1ccsc1C(=O)NCCSC(F)(F)F. The van der Waals surface area contributed by atoms with E-state index in [0.29, 0.717) is 5.56 Å². The van der Waals surface area contributed by atoms with E-state index in [1.165, 1.54) is 6.08 Å². The zero-order chi connectivity index (χ0) is 15.2. The number of aliphatic carboxylic acids is 1. The highest BCUT2D eigenvalue weighted by atomic mass is 32.2. The number of hydrogen-bond acceptors (Lipinski definition) is 4. The lowest BCUT2D eigenvalue weighted by Crippen LogP contribution is -2.26. The molecule has 0 aliphatic carbocycles. The number of halogens is 3. The molecule has 1 heterocycles. The normalized spacial score (nSPS) is 11.8. The maximum absolute atomic E-state index is 11.9. The molecule has 1 aromatic rings. The number of hydrogen-bond donors (Lipinski definition) is 2. The second-order valence-electron chi connectivity index (χ2n) is 3.43. The van der Waals surface area contributed by atoms with Crippen molar-refractivity contribution in [3.8, 4) is 0 Å². The highest BCUT2D eigenvalue weighted by Gasteiger charge is 2.27. The van der Waals surface area contributed by atoms with Crippen molar-refractivity contribution >= 4 is 41.1 Å². The maximum atomic E-state index is 11.9. The van der Waals surface area contributed by atoms with Gasteiger partial charge in [-0.2, -0.15) is 13.2 Å². The van der Waals surface area contributed by atoms with Gasteiger partial charge in [0, 0.05) is 18.4 Å². The molecule has 0 saturated carbocycles. The summed E-state index contributed by atoms with van der Waals surface area (Å²) in [6.07, 6.45) is 2.15. The Morgan fingerprint density at radius 1 is 1.45 bits per heavy atom. The quantitative estimate of drug-likeness (QED) is 0.623. The van der Waals surface area contributed by atoms with E-state index in [9.17, 15) is 22.8 Å². The summed E-state index contributed by atoms with van der Waals surface area (Å²) in [5, 5.41) is 12.5. The van der Waals surface area contributed by atoms with E-state index in [2.05, 4.69) is 5.32 Å². The predicted molar refractivity (Wildman–Crippen MR) is 71.8 cm³/mol. The van der Waals surface area contributed by atoms with Gasteiger partial charge in [-0.3, -0.25) is 4.79 Å². The minimum atomic E-state index is -4.32. The van der Waals surface area contributed by atoms with Crippen LogP contribution in [0.2, 0.25) is 0 Å². The van der Waals surface area contributed by atoms with Crippen LogP contribution in [0.25, 0.3) is 6.08 Å². The largest absolute Gasteiger partial charge is 0.478 e. The van der Waals surface area contributed by atoms with Crippen LogP contribution in [0.5, 0.6) is 0 Å². The molecule has 0 bridgehead atoms. The Morgan fingerprint density at radius 2 is 2.15 bits per heavy atom. The van der Waals surface area contributed by atoms with Crippen molar-refractivity contribution in [1.82, 2.24) is 5.32 Å². The van der Waals surface area contributed by atoms with Crippen LogP contribution in [0.1, 0.15) is 15.2 Å². The number of thiophene rings is 1. The first-order valence-electron chi connectivity index (χ1n) is 5.27. The van der Waals surface area contributed by atoms with Gasteiger partial charge in [0.25, 0.3) is 5.91 Å². The first-order valence-corrected chi connectivity index (χ1v) is 7.13. The second-order valence-corrected chi connectivity index (χ2v) is 5.50. The fraction of sp³-hybridized carbons (Fsp3) is 0.273. The minimum Gasteiger partial charge on any atom is -0.478 e. The average Bonchev–Trinajstić information content (AvgIpc) is 2.79. The van der Waals surface area contributed by atoms with Gasteiger partial charge in [-0.15, -0.1) is 11.3 Å². The van der Waals surface area contributed by atoms with Gasteiger partial charge in [0.05, 0.1) is 4.88 Å². The van der Waals surface area contributed by atoms with Crippen LogP contribution >= 0.6 is 23.1 Å². The van der Waals surface area contributed by atoms with Gasteiger partial charge >= 0.3 is 11.5 Å². The van der Waals surface area contributed by atoms with Gasteiger partial charge in [0.15, 0.2) is 0 Å². The zero-order valence-corrected chi connectivity index (χ0v) is 11.6. The number of nitrogens with one attached hydrogen (secondary N) is 1. The third-order valence-electron chi connectivity index (χ3n) is 1.96. The van der Waals surface area contributed by atoms with Crippen molar-refractivity contribution < 1.29 is 27.9 Å². The molecule has 1 aromatic heterocycles. The molecular formula is C11H10F3NO3S2. The number of carbonyl (C=O) groups is 2. The summed E-state index contributed by atoms with van der Waals surface area (Å²) in [5.41, 5.74) is -3.90. The van der Waals surface area contributed by atoms with E-state index in [4.69, 9.17) is 5.11 Å². The van der Waals surface area contributed by atoms with Crippen molar-refractivity contribution in [2.24, 2.45) is 0 Å². The van der Waals surface area contributed by atoms with Crippen LogP contribution in [0, 0.1) is 0 Å². The lowest BCUT2D eigenvalue weighted by Gasteiger charge is -2.06. The number of amides is 1. The summed E-state index contributed by atoms with van der Waals surface area (Å²) in [7, 11) is 0. The molecule has 9 heteroatoms. The molecule has 0 fully saturated rings. The van der Waals surface area contributed by atoms with Crippen LogP contribution in [0.15, 0.2) is 17.5 Å². The molecule has 0 aliphatic rings. The molecule has 20 heavy (non-hydrogen) atoms. The number of alkyl halides is 3. The van der Waals surface area contributed by atoms with E-state index < -0.39 is 17.4 Å². The molecule has 0 radical (unpaired) electrons. The van der Waals surface area contributed by atoms with Gasteiger partial charge in [-0.05, 0) is 34.8 Å². The Hall–Kier alpha value is -1.48. The summed E-state index contributed by atoms with van der Waals surface area (Å²) >= 11 is 0.876. The topological polar surface area (TPSA) is 66.4 Å². The molecule has 1 amide bonds. The van der Waals surface area contributed by atoms with E-state index in [0.717, 1.165) is 17.4 Å². The van der Waals surface area contributed by atoms with Gasteiger partial charge in [-0.1, -0.05) is 0 Å². The molecule has 110 valence electrons. The van der Waals surface area contributed by atoms with Crippen molar-refractivity contribution in [1.29, 1.82) is 0 Å². The highest BCUT2D eigenvalue weighted by molar-refractivity contribution is 8.00. The third kappa shape index (κ3) is 6.11. The molecule has 0 saturated heterocycles. The Morgan fingerprint density at radius 3 is 2.75 bits per heavy atom. The monoisotopic (exact) mass is 325 g/mol. The fourth-order valence-electron chi connectivity index (χ4n) is 1.21. The Labute approximate surface area is 120 Å². The van der Waals surface area contributed by atoms with Crippen LogP contribution in [-0.4, -0.2) is 34.8 Å². The van der Waals surface area contributed by atoms with Crippen LogP contribution in [0.4, 0.5) is 13.2 Å². The molecule has 0 unspecified atom stereocenters. The predicted octanol–water partition coefficient (Wildman–Crippen LogP) is 2.83. The standard InChI is InChI=1S/C11H10F3NO3S2/c12-11(13,14)20-6-4-15-10(18)9-7(3-5-19-9)1-2-8(16)17/h1-3,5H,4,6H2,(H,15,18)(H,16,17)/b2-1+. The van der Waals surface area contributed by atoms with E-state index >= 15 is 0 Å². The minimum absolute atomic E-state index is 0.122. The van der Waals surface area contributed by atoms with E-state index in [-0.39, 0.29) is 28.9 Å². The number of carbonyl (C=O) groups excluding carboxylic acids is 1. The van der Waals surface area contributed by atoms with Crippen LogP contribution in [-0.2, 0) is 4.79 Å². The van der Waals surface area contributed by atoms with Gasteiger partial charge in [0.1, 0.15) is 0 Å². The van der Waals surface area contributed by atoms with Gasteiger partial charge < -0.3 is 10.4 Å². The first-order chi connectivity index (χ1) is 9.29. The Kier molecular flexibility index (Phi) is 6.08. The number of rotatable bonds is 6. The van der Waals surface area contributed by atoms with Crippen molar-refractivity contribution in [3.05, 3.63) is 28.0 Å². The van der Waals surface area contributed by atoms with Crippen LogP contribution in [0.3, 0.4) is 0 Å². The lowest BCUT2D eigenvalue weighted by molar-refractivity contribution is -0.131.